The summed E-state index contributed by atoms with van der Waals surface area (Å²) in [6.07, 6.45) is 6.12. The molecule has 0 spiro atoms. The van der Waals surface area contributed by atoms with E-state index in [4.69, 9.17) is 0 Å². The van der Waals surface area contributed by atoms with E-state index in [-0.39, 0.29) is 5.75 Å². The number of aliphatic imine (C=N–C) groups is 1. The fourth-order valence-corrected chi connectivity index (χ4v) is 2.95. The Hall–Kier alpha value is -3.19. The lowest BCUT2D eigenvalue weighted by molar-refractivity contribution is 0.254. The number of nitrogens with one attached hydrogen (secondary N) is 2. The minimum Gasteiger partial charge on any atom is -0.506 e. The fraction of sp³-hybridized carbons (Fsp3) is 0.250. The molecule has 140 valence electrons. The lowest BCUT2D eigenvalue weighted by Crippen LogP contribution is -2.25. The molecule has 0 aliphatic heterocycles. The number of nitrogens with zero attached hydrogens (tertiary/aromatic N) is 4. The number of hydrogen-bond acceptors (Lipinski definition) is 6. The lowest BCUT2D eigenvalue weighted by Gasteiger charge is -2.21. The third-order valence-corrected chi connectivity index (χ3v) is 4.29. The van der Waals surface area contributed by atoms with E-state index in [1.165, 1.54) is 0 Å². The van der Waals surface area contributed by atoms with Crippen LogP contribution < -0.4 is 5.32 Å². The molecule has 7 heteroatoms. The number of H-pyrrole nitrogens is 1. The second kappa shape index (κ2) is 8.95. The largest absolute Gasteiger partial charge is 0.506 e. The van der Waals surface area contributed by atoms with Crippen molar-refractivity contribution in [2.45, 2.75) is 19.5 Å². The molecule has 0 atom stereocenters. The van der Waals surface area contributed by atoms with Crippen LogP contribution in [0, 0.1) is 0 Å². The third kappa shape index (κ3) is 4.92. The first kappa shape index (κ1) is 18.6. The standard InChI is InChI=1S/C20H24N6O/c1-21-10-16(22-2)8-9-26(13-18-11-23-14-24-18)12-17-7-6-15-4-3-5-19(27)20(15)25-17/h3-7,10-11,14,21,27H,2,8-9,12-13H2,1H3,(H,23,24)/b16-10-. The van der Waals surface area contributed by atoms with Crippen molar-refractivity contribution < 1.29 is 5.11 Å². The van der Waals surface area contributed by atoms with Crippen molar-refractivity contribution >= 4 is 17.6 Å². The first-order valence-electron chi connectivity index (χ1n) is 8.80. The number of benzene rings is 1. The van der Waals surface area contributed by atoms with E-state index in [0.29, 0.717) is 18.6 Å². The molecule has 27 heavy (non-hydrogen) atoms. The van der Waals surface area contributed by atoms with Crippen molar-refractivity contribution in [3.05, 3.63) is 66.1 Å². The Labute approximate surface area is 158 Å². The zero-order valence-electron chi connectivity index (χ0n) is 15.4. The van der Waals surface area contributed by atoms with Crippen LogP contribution in [0.3, 0.4) is 0 Å². The van der Waals surface area contributed by atoms with E-state index in [9.17, 15) is 5.11 Å². The van der Waals surface area contributed by atoms with Gasteiger partial charge in [-0.3, -0.25) is 9.89 Å². The molecule has 0 saturated carbocycles. The highest BCUT2D eigenvalue weighted by molar-refractivity contribution is 5.84. The number of hydrogen-bond donors (Lipinski definition) is 3. The second-order valence-electron chi connectivity index (χ2n) is 6.27. The summed E-state index contributed by atoms with van der Waals surface area (Å²) in [4.78, 5) is 18.2. The summed E-state index contributed by atoms with van der Waals surface area (Å²) in [5.41, 5.74) is 3.45. The van der Waals surface area contributed by atoms with Gasteiger partial charge in [-0.2, -0.15) is 0 Å². The van der Waals surface area contributed by atoms with Crippen molar-refractivity contribution in [1.29, 1.82) is 0 Å². The van der Waals surface area contributed by atoms with Crippen molar-refractivity contribution in [2.75, 3.05) is 13.6 Å². The van der Waals surface area contributed by atoms with E-state index < -0.39 is 0 Å². The maximum absolute atomic E-state index is 10.1. The average molecular weight is 364 g/mol. The van der Waals surface area contributed by atoms with Gasteiger partial charge in [-0.25, -0.2) is 9.97 Å². The van der Waals surface area contributed by atoms with E-state index in [1.807, 2.05) is 43.7 Å². The van der Waals surface area contributed by atoms with Gasteiger partial charge >= 0.3 is 0 Å². The maximum Gasteiger partial charge on any atom is 0.141 e. The summed E-state index contributed by atoms with van der Waals surface area (Å²) < 4.78 is 0. The molecule has 0 aliphatic carbocycles. The highest BCUT2D eigenvalue weighted by Crippen LogP contribution is 2.23. The average Bonchev–Trinajstić information content (AvgIpc) is 3.18. The molecule has 0 amide bonds. The Morgan fingerprint density at radius 1 is 1.33 bits per heavy atom. The van der Waals surface area contributed by atoms with Gasteiger partial charge in [-0.1, -0.05) is 18.2 Å². The molecule has 1 aromatic carbocycles. The first-order valence-corrected chi connectivity index (χ1v) is 8.80. The first-order chi connectivity index (χ1) is 13.2. The van der Waals surface area contributed by atoms with E-state index in [1.54, 1.807) is 12.4 Å². The number of para-hydroxylation sites is 1. The van der Waals surface area contributed by atoms with Gasteiger partial charge in [0.15, 0.2) is 0 Å². The quantitative estimate of drug-likeness (QED) is 0.508. The molecule has 2 aromatic heterocycles. The second-order valence-corrected chi connectivity index (χ2v) is 6.27. The topological polar surface area (TPSA) is 89.4 Å². The molecular weight excluding hydrogens is 340 g/mol. The van der Waals surface area contributed by atoms with E-state index >= 15 is 0 Å². The zero-order valence-corrected chi connectivity index (χ0v) is 15.4. The van der Waals surface area contributed by atoms with Crippen LogP contribution in [0.4, 0.5) is 0 Å². The summed E-state index contributed by atoms with van der Waals surface area (Å²) in [6.45, 7) is 5.77. The van der Waals surface area contributed by atoms with Crippen molar-refractivity contribution in [2.24, 2.45) is 4.99 Å². The predicted molar refractivity (Wildman–Crippen MR) is 107 cm³/mol. The van der Waals surface area contributed by atoms with Crippen molar-refractivity contribution in [3.8, 4) is 5.75 Å². The molecule has 3 aromatic rings. The number of imidazole rings is 1. The van der Waals surface area contributed by atoms with Crippen LogP contribution in [-0.2, 0) is 13.1 Å². The summed E-state index contributed by atoms with van der Waals surface area (Å²) in [6, 6.07) is 9.41. The Kier molecular flexibility index (Phi) is 6.17. The summed E-state index contributed by atoms with van der Waals surface area (Å²) in [5, 5.41) is 14.0. The molecular formula is C20H24N6O. The van der Waals surface area contributed by atoms with Gasteiger partial charge in [0.05, 0.1) is 17.7 Å². The number of phenols is 1. The normalized spacial score (nSPS) is 11.9. The molecule has 0 unspecified atom stereocenters. The Bertz CT molecular complexity index is 919. The maximum atomic E-state index is 10.1. The van der Waals surface area contributed by atoms with Gasteiger partial charge in [-0.05, 0) is 18.9 Å². The number of phenolic OH excluding ortho intramolecular Hbond substituents is 1. The summed E-state index contributed by atoms with van der Waals surface area (Å²) in [5.74, 6) is 0.199. The number of aromatic amines is 1. The molecule has 2 heterocycles. The van der Waals surface area contributed by atoms with Crippen LogP contribution in [0.5, 0.6) is 5.75 Å². The van der Waals surface area contributed by atoms with Gasteiger partial charge < -0.3 is 15.4 Å². The van der Waals surface area contributed by atoms with Crippen LogP contribution >= 0.6 is 0 Å². The van der Waals surface area contributed by atoms with Crippen LogP contribution in [-0.4, -0.2) is 45.3 Å². The number of pyridine rings is 1. The highest BCUT2D eigenvalue weighted by atomic mass is 16.3. The molecule has 0 saturated heterocycles. The molecule has 0 aliphatic rings. The van der Waals surface area contributed by atoms with E-state index in [0.717, 1.165) is 35.4 Å². The summed E-state index contributed by atoms with van der Waals surface area (Å²) >= 11 is 0. The monoisotopic (exact) mass is 364 g/mol. The van der Waals surface area contributed by atoms with Crippen LogP contribution in [0.25, 0.3) is 10.9 Å². The Morgan fingerprint density at radius 2 is 2.22 bits per heavy atom. The Morgan fingerprint density at radius 3 is 2.96 bits per heavy atom. The predicted octanol–water partition coefficient (Wildman–Crippen LogP) is 2.82. The SMILES string of the molecule is C=N/C(=C\NC)CCN(Cc1ccc2cccc(O)c2n1)Cc1cnc[nH]1. The number of aromatic nitrogens is 3. The molecule has 7 nitrogen and oxygen atoms in total. The van der Waals surface area contributed by atoms with Gasteiger partial charge in [0.2, 0.25) is 0 Å². The van der Waals surface area contributed by atoms with Gasteiger partial charge in [-0.15, -0.1) is 0 Å². The molecule has 3 N–H and O–H groups in total. The van der Waals surface area contributed by atoms with Crippen molar-refractivity contribution in [1.82, 2.24) is 25.2 Å². The van der Waals surface area contributed by atoms with E-state index in [2.05, 4.69) is 36.9 Å². The molecule has 3 rings (SSSR count). The smallest absolute Gasteiger partial charge is 0.141 e. The number of rotatable bonds is 9. The third-order valence-electron chi connectivity index (χ3n) is 4.29. The minimum atomic E-state index is 0.199. The van der Waals surface area contributed by atoms with Gasteiger partial charge in [0.25, 0.3) is 0 Å². The van der Waals surface area contributed by atoms with Gasteiger partial charge in [0, 0.05) is 56.6 Å². The van der Waals surface area contributed by atoms with Crippen LogP contribution in [0.1, 0.15) is 17.8 Å². The summed E-state index contributed by atoms with van der Waals surface area (Å²) in [7, 11) is 1.85. The van der Waals surface area contributed by atoms with Gasteiger partial charge in [0.1, 0.15) is 11.3 Å². The van der Waals surface area contributed by atoms with Crippen LogP contribution in [0.2, 0.25) is 0 Å². The minimum absolute atomic E-state index is 0.199. The molecule has 0 bridgehead atoms. The number of aromatic hydroxyl groups is 1. The molecule has 0 fully saturated rings. The Balaban J connectivity index is 1.78. The fourth-order valence-electron chi connectivity index (χ4n) is 2.95. The van der Waals surface area contributed by atoms with Crippen molar-refractivity contribution in [3.63, 3.8) is 0 Å². The lowest BCUT2D eigenvalue weighted by atomic mass is 10.2. The zero-order chi connectivity index (χ0) is 19.1. The molecule has 0 radical (unpaired) electrons. The highest BCUT2D eigenvalue weighted by Gasteiger charge is 2.11. The number of fused-ring (bicyclic) bond motifs is 1. The van der Waals surface area contributed by atoms with Crippen LogP contribution in [0.15, 0.2) is 59.7 Å².